The maximum Gasteiger partial charge on any atom is 0.315 e. The fraction of sp³-hybridized carbons (Fsp3) is 0.438. The van der Waals surface area contributed by atoms with Gasteiger partial charge >= 0.3 is 6.03 Å². The largest absolute Gasteiger partial charge is 0.376 e. The Morgan fingerprint density at radius 3 is 3.09 bits per heavy atom. The van der Waals surface area contributed by atoms with Crippen molar-refractivity contribution < 1.29 is 9.53 Å². The van der Waals surface area contributed by atoms with Crippen LogP contribution in [0.3, 0.4) is 0 Å². The first kappa shape index (κ1) is 15.5. The Morgan fingerprint density at radius 1 is 1.52 bits per heavy atom. The fourth-order valence-corrected chi connectivity index (χ4v) is 2.60. The highest BCUT2D eigenvalue weighted by Crippen LogP contribution is 2.15. The van der Waals surface area contributed by atoms with E-state index in [2.05, 4.69) is 20.6 Å². The molecule has 1 aliphatic rings. The zero-order valence-corrected chi connectivity index (χ0v) is 13.1. The van der Waals surface area contributed by atoms with E-state index in [-0.39, 0.29) is 18.2 Å². The monoisotopic (exact) mass is 315 g/mol. The van der Waals surface area contributed by atoms with Crippen LogP contribution in [0.2, 0.25) is 0 Å². The summed E-state index contributed by atoms with van der Waals surface area (Å²) in [7, 11) is 0. The van der Waals surface area contributed by atoms with E-state index in [9.17, 15) is 4.79 Å². The number of nitrogens with one attached hydrogen (secondary N) is 2. The minimum Gasteiger partial charge on any atom is -0.376 e. The number of hydrogen-bond donors (Lipinski definition) is 2. The first-order valence-corrected chi connectivity index (χ1v) is 7.81. The van der Waals surface area contributed by atoms with Crippen LogP contribution >= 0.6 is 0 Å². The van der Waals surface area contributed by atoms with Crippen molar-refractivity contribution in [3.05, 3.63) is 42.6 Å². The molecule has 7 heteroatoms. The maximum absolute atomic E-state index is 11.9. The number of nitrogens with zero attached hydrogens (tertiary/aromatic N) is 3. The summed E-state index contributed by atoms with van der Waals surface area (Å²) in [5.74, 6) is 0.794. The van der Waals surface area contributed by atoms with Crippen LogP contribution in [0.4, 0.5) is 4.79 Å². The molecule has 122 valence electrons. The van der Waals surface area contributed by atoms with Crippen molar-refractivity contribution in [2.45, 2.75) is 38.5 Å². The van der Waals surface area contributed by atoms with Crippen molar-refractivity contribution in [1.29, 1.82) is 0 Å². The molecule has 23 heavy (non-hydrogen) atoms. The second-order valence-electron chi connectivity index (χ2n) is 5.66. The Bertz CT molecular complexity index is 620. The van der Waals surface area contributed by atoms with Crippen molar-refractivity contribution in [2.75, 3.05) is 6.61 Å². The van der Waals surface area contributed by atoms with Gasteiger partial charge in [-0.25, -0.2) is 14.8 Å². The minimum atomic E-state index is -0.188. The molecule has 0 aliphatic carbocycles. The van der Waals surface area contributed by atoms with Gasteiger partial charge in [0.05, 0.1) is 12.1 Å². The number of amides is 2. The molecule has 0 saturated carbocycles. The zero-order chi connectivity index (χ0) is 16.1. The fourth-order valence-electron chi connectivity index (χ4n) is 2.60. The molecule has 2 N–H and O–H groups in total. The van der Waals surface area contributed by atoms with Crippen LogP contribution in [-0.4, -0.2) is 39.3 Å². The van der Waals surface area contributed by atoms with Crippen molar-refractivity contribution in [1.82, 2.24) is 25.2 Å². The lowest BCUT2D eigenvalue weighted by Crippen LogP contribution is -2.45. The first-order chi connectivity index (χ1) is 11.2. The van der Waals surface area contributed by atoms with E-state index in [0.29, 0.717) is 6.54 Å². The molecule has 2 aromatic heterocycles. The summed E-state index contributed by atoms with van der Waals surface area (Å²) < 4.78 is 7.39. The standard InChI is InChI=1S/C16H21N5O2/c1-12(14-3-2-8-23-14)20-16(22)19-10-13-4-5-15(18-9-13)21-7-6-17-11-21/h4-7,9,11-12,14H,2-3,8,10H2,1H3,(H2,19,20,22). The Hall–Kier alpha value is -2.41. The molecule has 2 atom stereocenters. The smallest absolute Gasteiger partial charge is 0.315 e. The highest BCUT2D eigenvalue weighted by atomic mass is 16.5. The van der Waals surface area contributed by atoms with E-state index in [1.807, 2.05) is 29.8 Å². The van der Waals surface area contributed by atoms with Crippen LogP contribution in [-0.2, 0) is 11.3 Å². The average molecular weight is 315 g/mol. The van der Waals surface area contributed by atoms with Gasteiger partial charge in [0.1, 0.15) is 12.1 Å². The van der Waals surface area contributed by atoms with Gasteiger partial charge in [-0.2, -0.15) is 0 Å². The Labute approximate surface area is 135 Å². The number of pyridine rings is 1. The van der Waals surface area contributed by atoms with Crippen LogP contribution in [0.5, 0.6) is 0 Å². The van der Waals surface area contributed by atoms with Gasteiger partial charge in [0.2, 0.25) is 0 Å². The van der Waals surface area contributed by atoms with Crippen molar-refractivity contribution in [2.24, 2.45) is 0 Å². The SMILES string of the molecule is CC(NC(=O)NCc1ccc(-n2ccnc2)nc1)C1CCCO1. The lowest BCUT2D eigenvalue weighted by atomic mass is 10.1. The Morgan fingerprint density at radius 2 is 2.43 bits per heavy atom. The van der Waals surface area contributed by atoms with Gasteiger partial charge in [0, 0.05) is 31.7 Å². The molecule has 3 rings (SSSR count). The quantitative estimate of drug-likeness (QED) is 0.879. The van der Waals surface area contributed by atoms with E-state index in [0.717, 1.165) is 30.8 Å². The molecule has 0 spiro atoms. The number of aromatic nitrogens is 3. The second-order valence-corrected chi connectivity index (χ2v) is 5.66. The van der Waals surface area contributed by atoms with Gasteiger partial charge in [-0.3, -0.25) is 4.57 Å². The van der Waals surface area contributed by atoms with Crippen LogP contribution < -0.4 is 10.6 Å². The first-order valence-electron chi connectivity index (χ1n) is 7.81. The summed E-state index contributed by atoms with van der Waals surface area (Å²) in [6, 6.07) is 3.66. The van der Waals surface area contributed by atoms with Gasteiger partial charge in [-0.15, -0.1) is 0 Å². The second kappa shape index (κ2) is 7.23. The minimum absolute atomic E-state index is 0.0132. The highest BCUT2D eigenvalue weighted by Gasteiger charge is 2.23. The van der Waals surface area contributed by atoms with E-state index in [1.165, 1.54) is 0 Å². The molecular weight excluding hydrogens is 294 g/mol. The Kier molecular flexibility index (Phi) is 4.87. The summed E-state index contributed by atoms with van der Waals surface area (Å²) in [4.78, 5) is 20.3. The van der Waals surface area contributed by atoms with Gasteiger partial charge in [-0.1, -0.05) is 6.07 Å². The molecule has 3 heterocycles. The number of carbonyl (C=O) groups is 1. The molecule has 2 amide bonds. The van der Waals surface area contributed by atoms with Crippen molar-refractivity contribution >= 4 is 6.03 Å². The van der Waals surface area contributed by atoms with Gasteiger partial charge in [0.25, 0.3) is 0 Å². The molecule has 0 bridgehead atoms. The molecule has 1 fully saturated rings. The number of ether oxygens (including phenoxy) is 1. The summed E-state index contributed by atoms with van der Waals surface area (Å²) >= 11 is 0. The number of carbonyl (C=O) groups excluding carboxylic acids is 1. The number of hydrogen-bond acceptors (Lipinski definition) is 4. The molecule has 1 aliphatic heterocycles. The molecule has 0 aromatic carbocycles. The van der Waals surface area contributed by atoms with E-state index in [4.69, 9.17) is 4.74 Å². The maximum atomic E-state index is 11.9. The third-order valence-electron chi connectivity index (χ3n) is 3.91. The molecule has 7 nitrogen and oxygen atoms in total. The predicted octanol–water partition coefficient (Wildman–Crippen LogP) is 1.63. The van der Waals surface area contributed by atoms with Crippen LogP contribution in [0, 0.1) is 0 Å². The topological polar surface area (TPSA) is 81.1 Å². The lowest BCUT2D eigenvalue weighted by molar-refractivity contribution is 0.0860. The third-order valence-corrected chi connectivity index (χ3v) is 3.91. The summed E-state index contributed by atoms with van der Waals surface area (Å²) in [5.41, 5.74) is 0.939. The zero-order valence-electron chi connectivity index (χ0n) is 13.1. The van der Waals surface area contributed by atoms with Crippen LogP contribution in [0.15, 0.2) is 37.1 Å². The van der Waals surface area contributed by atoms with Gasteiger partial charge in [0.15, 0.2) is 0 Å². The van der Waals surface area contributed by atoms with Crippen LogP contribution in [0.25, 0.3) is 5.82 Å². The summed E-state index contributed by atoms with van der Waals surface area (Å²) in [6.45, 7) is 3.19. The molecule has 2 unspecified atom stereocenters. The third kappa shape index (κ3) is 4.07. The van der Waals surface area contributed by atoms with Crippen molar-refractivity contribution in [3.63, 3.8) is 0 Å². The number of urea groups is 1. The number of rotatable bonds is 5. The molecular formula is C16H21N5O2. The van der Waals surface area contributed by atoms with E-state index in [1.54, 1.807) is 18.7 Å². The average Bonchev–Trinajstić information content (AvgIpc) is 3.26. The summed E-state index contributed by atoms with van der Waals surface area (Å²) in [5, 5.41) is 5.76. The lowest BCUT2D eigenvalue weighted by Gasteiger charge is -2.20. The molecule has 1 saturated heterocycles. The molecule has 2 aromatic rings. The highest BCUT2D eigenvalue weighted by molar-refractivity contribution is 5.74. The number of imidazole rings is 1. The predicted molar refractivity (Wildman–Crippen MR) is 85.2 cm³/mol. The van der Waals surface area contributed by atoms with Crippen LogP contribution in [0.1, 0.15) is 25.3 Å². The van der Waals surface area contributed by atoms with E-state index < -0.39 is 0 Å². The molecule has 0 radical (unpaired) electrons. The van der Waals surface area contributed by atoms with Crippen molar-refractivity contribution in [3.8, 4) is 5.82 Å². The van der Waals surface area contributed by atoms with Gasteiger partial charge in [-0.05, 0) is 31.4 Å². The van der Waals surface area contributed by atoms with E-state index >= 15 is 0 Å². The normalized spacial score (nSPS) is 18.6. The Balaban J connectivity index is 1.47. The summed E-state index contributed by atoms with van der Waals surface area (Å²) in [6.07, 6.45) is 9.17. The van der Waals surface area contributed by atoms with Gasteiger partial charge < -0.3 is 15.4 Å².